The first kappa shape index (κ1) is 12.1. The summed E-state index contributed by atoms with van der Waals surface area (Å²) in [7, 11) is 1.31. The first-order chi connectivity index (χ1) is 7.04. The van der Waals surface area contributed by atoms with Gasteiger partial charge in [-0.2, -0.15) is 0 Å². The summed E-state index contributed by atoms with van der Waals surface area (Å²) in [5.74, 6) is -2.60. The first-order valence-electron chi connectivity index (χ1n) is 3.88. The molecule has 6 heteroatoms. The maximum atomic E-state index is 13.0. The summed E-state index contributed by atoms with van der Waals surface area (Å²) in [5.41, 5.74) is 0. The second-order valence-electron chi connectivity index (χ2n) is 2.61. The molecule has 0 aliphatic rings. The molecule has 15 heavy (non-hydrogen) atoms. The van der Waals surface area contributed by atoms with Crippen molar-refractivity contribution in [2.75, 3.05) is 13.7 Å². The third-order valence-electron chi connectivity index (χ3n) is 1.45. The van der Waals surface area contributed by atoms with Gasteiger partial charge in [-0.1, -0.05) is 0 Å². The fourth-order valence-electron chi connectivity index (χ4n) is 0.870. The van der Waals surface area contributed by atoms with Gasteiger partial charge in [0, 0.05) is 19.2 Å². The molecule has 0 aliphatic carbocycles. The molecule has 0 bridgehead atoms. The van der Waals surface area contributed by atoms with Gasteiger partial charge in [0.15, 0.2) is 0 Å². The van der Waals surface area contributed by atoms with E-state index in [9.17, 15) is 13.6 Å². The number of benzene rings is 1. The molecule has 0 heterocycles. The molecule has 82 valence electrons. The summed E-state index contributed by atoms with van der Waals surface area (Å²) >= 11 is 2.70. The molecule has 1 aromatic rings. The number of halogens is 3. The van der Waals surface area contributed by atoms with E-state index in [1.807, 2.05) is 0 Å². The van der Waals surface area contributed by atoms with Gasteiger partial charge in [-0.05, 0) is 15.9 Å². The molecular weight excluding hydrogens is 274 g/mol. The van der Waals surface area contributed by atoms with Crippen LogP contribution in [0.25, 0.3) is 0 Å². The van der Waals surface area contributed by atoms with Gasteiger partial charge in [-0.3, -0.25) is 0 Å². The van der Waals surface area contributed by atoms with E-state index in [4.69, 9.17) is 0 Å². The monoisotopic (exact) mass is 280 g/mol. The highest BCUT2D eigenvalue weighted by Gasteiger charge is 2.11. The molecular formula is C9H7BrF2O3. The van der Waals surface area contributed by atoms with Crippen molar-refractivity contribution in [1.82, 2.24) is 0 Å². The summed E-state index contributed by atoms with van der Waals surface area (Å²) in [5, 5.41) is 0. The average Bonchev–Trinajstić information content (AvgIpc) is 2.14. The number of rotatable bonds is 3. The van der Waals surface area contributed by atoms with Crippen molar-refractivity contribution >= 4 is 21.9 Å². The topological polar surface area (TPSA) is 35.5 Å². The van der Waals surface area contributed by atoms with E-state index in [2.05, 4.69) is 25.4 Å². The second kappa shape index (κ2) is 5.18. The van der Waals surface area contributed by atoms with Gasteiger partial charge in [0.05, 0.1) is 4.47 Å². The lowest BCUT2D eigenvalue weighted by Gasteiger charge is -2.04. The van der Waals surface area contributed by atoms with Crippen LogP contribution in [0.2, 0.25) is 0 Å². The van der Waals surface area contributed by atoms with Crippen molar-refractivity contribution in [3.05, 3.63) is 28.2 Å². The Kier molecular flexibility index (Phi) is 4.16. The number of methoxy groups -OCH3 is 1. The number of hydrogen-bond acceptors (Lipinski definition) is 3. The zero-order valence-electron chi connectivity index (χ0n) is 7.72. The molecule has 0 N–H and O–H groups in total. The molecule has 3 nitrogen and oxygen atoms in total. The molecule has 0 amide bonds. The highest BCUT2D eigenvalue weighted by Crippen LogP contribution is 2.24. The molecule has 0 radical (unpaired) electrons. The maximum Gasteiger partial charge on any atom is 0.337 e. The average molecular weight is 281 g/mol. The minimum Gasteiger partial charge on any atom is -0.425 e. The molecule has 0 fully saturated rings. The van der Waals surface area contributed by atoms with E-state index < -0.39 is 17.6 Å². The van der Waals surface area contributed by atoms with Crippen LogP contribution in [0, 0.1) is 11.6 Å². The van der Waals surface area contributed by atoms with Gasteiger partial charge < -0.3 is 9.47 Å². The van der Waals surface area contributed by atoms with Crippen molar-refractivity contribution in [2.45, 2.75) is 0 Å². The van der Waals surface area contributed by atoms with Crippen LogP contribution in [0.5, 0.6) is 5.75 Å². The van der Waals surface area contributed by atoms with Gasteiger partial charge >= 0.3 is 5.97 Å². The molecule has 1 aromatic carbocycles. The quantitative estimate of drug-likeness (QED) is 0.484. The van der Waals surface area contributed by atoms with Crippen molar-refractivity contribution in [3.8, 4) is 5.75 Å². The standard InChI is InChI=1S/C9H7BrF2O3/c1-14-4-8(13)15-5-2-6(11)9(10)7(12)3-5/h2-3H,4H2,1H3. The molecule has 0 aliphatic heterocycles. The Morgan fingerprint density at radius 2 is 1.93 bits per heavy atom. The van der Waals surface area contributed by atoms with E-state index in [1.165, 1.54) is 7.11 Å². The summed E-state index contributed by atoms with van der Waals surface area (Å²) in [6.07, 6.45) is 0. The van der Waals surface area contributed by atoms with E-state index in [0.717, 1.165) is 12.1 Å². The van der Waals surface area contributed by atoms with Crippen LogP contribution in [0.4, 0.5) is 8.78 Å². The number of carbonyl (C=O) groups is 1. The maximum absolute atomic E-state index is 13.0. The predicted molar refractivity (Wildman–Crippen MR) is 51.6 cm³/mol. The minimum atomic E-state index is -0.838. The Morgan fingerprint density at radius 1 is 1.40 bits per heavy atom. The minimum absolute atomic E-state index is 0.199. The third kappa shape index (κ3) is 3.24. The van der Waals surface area contributed by atoms with Gasteiger partial charge in [-0.25, -0.2) is 13.6 Å². The van der Waals surface area contributed by atoms with Crippen LogP contribution >= 0.6 is 15.9 Å². The largest absolute Gasteiger partial charge is 0.425 e. The van der Waals surface area contributed by atoms with Crippen LogP contribution in [0.1, 0.15) is 0 Å². The number of carbonyl (C=O) groups excluding carboxylic acids is 1. The summed E-state index contributed by atoms with van der Waals surface area (Å²) in [6.45, 7) is -0.278. The highest BCUT2D eigenvalue weighted by atomic mass is 79.9. The summed E-state index contributed by atoms with van der Waals surface area (Å²) < 4.78 is 34.7. The van der Waals surface area contributed by atoms with Crippen LogP contribution < -0.4 is 4.74 Å². The van der Waals surface area contributed by atoms with Crippen molar-refractivity contribution < 1.29 is 23.0 Å². The molecule has 0 spiro atoms. The SMILES string of the molecule is COCC(=O)Oc1cc(F)c(Br)c(F)c1. The lowest BCUT2D eigenvalue weighted by Crippen LogP contribution is -2.14. The Labute approximate surface area is 93.1 Å². The predicted octanol–water partition coefficient (Wildman–Crippen LogP) is 2.28. The van der Waals surface area contributed by atoms with Gasteiger partial charge in [0.2, 0.25) is 0 Å². The van der Waals surface area contributed by atoms with Crippen molar-refractivity contribution in [1.29, 1.82) is 0 Å². The molecule has 0 saturated heterocycles. The fraction of sp³-hybridized carbons (Fsp3) is 0.222. The summed E-state index contributed by atoms with van der Waals surface area (Å²) in [6, 6.07) is 1.81. The Hall–Kier alpha value is -1.01. The Morgan fingerprint density at radius 3 is 2.40 bits per heavy atom. The lowest BCUT2D eigenvalue weighted by atomic mass is 10.3. The van der Waals surface area contributed by atoms with Gasteiger partial charge in [-0.15, -0.1) is 0 Å². The molecule has 0 unspecified atom stereocenters. The normalized spacial score (nSPS) is 10.1. The van der Waals surface area contributed by atoms with Crippen LogP contribution in [-0.4, -0.2) is 19.7 Å². The van der Waals surface area contributed by atoms with Crippen LogP contribution in [0.15, 0.2) is 16.6 Å². The smallest absolute Gasteiger partial charge is 0.337 e. The molecule has 1 rings (SSSR count). The fourth-order valence-corrected chi connectivity index (χ4v) is 1.10. The number of esters is 1. The zero-order chi connectivity index (χ0) is 11.4. The van der Waals surface area contributed by atoms with E-state index in [1.54, 1.807) is 0 Å². The van der Waals surface area contributed by atoms with E-state index in [-0.39, 0.29) is 16.8 Å². The van der Waals surface area contributed by atoms with E-state index >= 15 is 0 Å². The third-order valence-corrected chi connectivity index (χ3v) is 2.21. The van der Waals surface area contributed by atoms with Crippen molar-refractivity contribution in [2.24, 2.45) is 0 Å². The first-order valence-corrected chi connectivity index (χ1v) is 4.68. The highest BCUT2D eigenvalue weighted by molar-refractivity contribution is 9.10. The lowest BCUT2D eigenvalue weighted by molar-refractivity contribution is -0.138. The van der Waals surface area contributed by atoms with Gasteiger partial charge in [0.25, 0.3) is 0 Å². The van der Waals surface area contributed by atoms with Gasteiger partial charge in [0.1, 0.15) is 24.0 Å². The zero-order valence-corrected chi connectivity index (χ0v) is 9.31. The van der Waals surface area contributed by atoms with Crippen molar-refractivity contribution in [3.63, 3.8) is 0 Å². The van der Waals surface area contributed by atoms with Crippen LogP contribution in [-0.2, 0) is 9.53 Å². The Balaban J connectivity index is 2.83. The molecule has 0 atom stereocenters. The van der Waals surface area contributed by atoms with Crippen LogP contribution in [0.3, 0.4) is 0 Å². The Bertz CT molecular complexity index is 359. The molecule has 0 aromatic heterocycles. The summed E-state index contributed by atoms with van der Waals surface area (Å²) in [4.78, 5) is 10.9. The van der Waals surface area contributed by atoms with E-state index in [0.29, 0.717) is 0 Å². The number of ether oxygens (including phenoxy) is 2. The second-order valence-corrected chi connectivity index (χ2v) is 3.40. The number of hydrogen-bond donors (Lipinski definition) is 0. The molecule has 0 saturated carbocycles.